The Morgan fingerprint density at radius 3 is 2.60 bits per heavy atom. The van der Waals surface area contributed by atoms with Gasteiger partial charge in [0.15, 0.2) is 5.78 Å². The van der Waals surface area contributed by atoms with Crippen molar-refractivity contribution in [3.63, 3.8) is 0 Å². The minimum absolute atomic E-state index is 0.140. The Hall–Kier alpha value is -1.42. The predicted octanol–water partition coefficient (Wildman–Crippen LogP) is 3.96. The maximum absolute atomic E-state index is 12.5. The molecular weight excluding hydrogens is 316 g/mol. The Morgan fingerprint density at radius 1 is 1.30 bits per heavy atom. The number of hydrogen-bond donors (Lipinski definition) is 0. The zero-order valence-corrected chi connectivity index (χ0v) is 13.7. The highest BCUT2D eigenvalue weighted by molar-refractivity contribution is 9.10. The normalized spacial score (nSPS) is 10.8. The number of Topliss-reactive ketones (excluding diaryl/α,β-unsaturated/α-hetero) is 1. The molecule has 0 atom stereocenters. The van der Waals surface area contributed by atoms with Gasteiger partial charge in [0.1, 0.15) is 0 Å². The van der Waals surface area contributed by atoms with Gasteiger partial charge < -0.3 is 0 Å². The predicted molar refractivity (Wildman–Crippen MR) is 84.2 cm³/mol. The standard InChI is InChI=1S/C16H19BrN2O/c1-4-13-16(17)14(19(5-2)18-13)10-15(20)12-9-7-6-8-11(12)3/h6-9H,4-5,10H2,1-3H3. The van der Waals surface area contributed by atoms with Crippen LogP contribution in [0.1, 0.15) is 41.2 Å². The molecular formula is C16H19BrN2O. The second-order valence-corrected chi connectivity index (χ2v) is 5.58. The van der Waals surface area contributed by atoms with Gasteiger partial charge in [-0.3, -0.25) is 9.48 Å². The number of benzene rings is 1. The quantitative estimate of drug-likeness (QED) is 0.775. The molecule has 0 aliphatic heterocycles. The lowest BCUT2D eigenvalue weighted by Crippen LogP contribution is -2.11. The third-order valence-electron chi connectivity index (χ3n) is 3.47. The maximum atomic E-state index is 12.5. The fraction of sp³-hybridized carbons (Fsp3) is 0.375. The van der Waals surface area contributed by atoms with Gasteiger partial charge in [0.05, 0.1) is 22.3 Å². The number of carbonyl (C=O) groups is 1. The molecule has 0 radical (unpaired) electrons. The van der Waals surface area contributed by atoms with Crippen LogP contribution in [0.15, 0.2) is 28.7 Å². The molecule has 20 heavy (non-hydrogen) atoms. The van der Waals surface area contributed by atoms with Gasteiger partial charge in [-0.1, -0.05) is 31.2 Å². The average molecular weight is 335 g/mol. The van der Waals surface area contributed by atoms with E-state index in [2.05, 4.69) is 28.0 Å². The van der Waals surface area contributed by atoms with E-state index in [0.717, 1.165) is 40.0 Å². The number of carbonyl (C=O) groups excluding carboxylic acids is 1. The molecule has 2 rings (SSSR count). The van der Waals surface area contributed by atoms with Crippen LogP contribution in [0, 0.1) is 6.92 Å². The molecule has 0 aliphatic rings. The van der Waals surface area contributed by atoms with Gasteiger partial charge in [0, 0.05) is 12.1 Å². The molecule has 1 aromatic carbocycles. The number of nitrogens with zero attached hydrogens (tertiary/aromatic N) is 2. The highest BCUT2D eigenvalue weighted by Crippen LogP contribution is 2.24. The maximum Gasteiger partial charge on any atom is 0.169 e. The first-order chi connectivity index (χ1) is 9.58. The van der Waals surface area contributed by atoms with Gasteiger partial charge >= 0.3 is 0 Å². The van der Waals surface area contributed by atoms with E-state index in [-0.39, 0.29) is 5.78 Å². The van der Waals surface area contributed by atoms with Crippen LogP contribution in [-0.4, -0.2) is 15.6 Å². The second kappa shape index (κ2) is 6.35. The molecule has 1 heterocycles. The lowest BCUT2D eigenvalue weighted by atomic mass is 10.0. The van der Waals surface area contributed by atoms with E-state index in [1.165, 1.54) is 0 Å². The van der Waals surface area contributed by atoms with E-state index < -0.39 is 0 Å². The summed E-state index contributed by atoms with van der Waals surface area (Å²) in [7, 11) is 0. The molecule has 4 heteroatoms. The van der Waals surface area contributed by atoms with Crippen molar-refractivity contribution in [1.29, 1.82) is 0 Å². The number of aryl methyl sites for hydroxylation is 3. The van der Waals surface area contributed by atoms with Crippen LogP contribution in [0.3, 0.4) is 0 Å². The molecule has 106 valence electrons. The highest BCUT2D eigenvalue weighted by Gasteiger charge is 2.18. The van der Waals surface area contributed by atoms with E-state index in [1.807, 2.05) is 42.8 Å². The van der Waals surface area contributed by atoms with E-state index in [4.69, 9.17) is 0 Å². The van der Waals surface area contributed by atoms with Crippen LogP contribution >= 0.6 is 15.9 Å². The summed E-state index contributed by atoms with van der Waals surface area (Å²) in [5, 5.41) is 4.53. The molecule has 0 saturated carbocycles. The molecule has 0 fully saturated rings. The van der Waals surface area contributed by atoms with Gasteiger partial charge in [0.25, 0.3) is 0 Å². The van der Waals surface area contributed by atoms with Crippen LogP contribution in [0.5, 0.6) is 0 Å². The second-order valence-electron chi connectivity index (χ2n) is 4.79. The number of ketones is 1. The van der Waals surface area contributed by atoms with Crippen molar-refractivity contribution < 1.29 is 4.79 Å². The number of hydrogen-bond acceptors (Lipinski definition) is 2. The molecule has 0 spiro atoms. The van der Waals surface area contributed by atoms with Crippen molar-refractivity contribution in [3.8, 4) is 0 Å². The smallest absolute Gasteiger partial charge is 0.169 e. The van der Waals surface area contributed by atoms with E-state index in [9.17, 15) is 4.79 Å². The van der Waals surface area contributed by atoms with Gasteiger partial charge in [-0.2, -0.15) is 5.10 Å². The lowest BCUT2D eigenvalue weighted by molar-refractivity contribution is 0.0990. The molecule has 1 aromatic heterocycles. The topological polar surface area (TPSA) is 34.9 Å². The number of halogens is 1. The summed E-state index contributed by atoms with van der Waals surface area (Å²) >= 11 is 3.59. The van der Waals surface area contributed by atoms with Gasteiger partial charge in [-0.15, -0.1) is 0 Å². The number of aromatic nitrogens is 2. The van der Waals surface area contributed by atoms with Crippen LogP contribution in [-0.2, 0) is 19.4 Å². The fourth-order valence-corrected chi connectivity index (χ4v) is 3.02. The summed E-state index contributed by atoms with van der Waals surface area (Å²) < 4.78 is 2.89. The largest absolute Gasteiger partial charge is 0.294 e. The molecule has 0 unspecified atom stereocenters. The SMILES string of the molecule is CCc1nn(CC)c(CC(=O)c2ccccc2C)c1Br. The van der Waals surface area contributed by atoms with Crippen LogP contribution in [0.25, 0.3) is 0 Å². The minimum Gasteiger partial charge on any atom is -0.294 e. The summed E-state index contributed by atoms with van der Waals surface area (Å²) in [6.07, 6.45) is 1.24. The first-order valence-electron chi connectivity index (χ1n) is 6.91. The summed E-state index contributed by atoms with van der Waals surface area (Å²) in [6, 6.07) is 7.72. The Bertz CT molecular complexity index is 631. The van der Waals surface area contributed by atoms with E-state index in [1.54, 1.807) is 0 Å². The van der Waals surface area contributed by atoms with Crippen LogP contribution < -0.4 is 0 Å². The van der Waals surface area contributed by atoms with E-state index >= 15 is 0 Å². The summed E-state index contributed by atoms with van der Waals surface area (Å²) in [5.74, 6) is 0.140. The number of rotatable bonds is 5. The Balaban J connectivity index is 2.33. The monoisotopic (exact) mass is 334 g/mol. The first kappa shape index (κ1) is 15.0. The first-order valence-corrected chi connectivity index (χ1v) is 7.70. The molecule has 0 aliphatic carbocycles. The molecule has 0 amide bonds. The molecule has 0 bridgehead atoms. The summed E-state index contributed by atoms with van der Waals surface area (Å²) in [4.78, 5) is 12.5. The van der Waals surface area contributed by atoms with E-state index in [0.29, 0.717) is 6.42 Å². The summed E-state index contributed by atoms with van der Waals surface area (Å²) in [5.41, 5.74) is 3.80. The van der Waals surface area contributed by atoms with Crippen molar-refractivity contribution >= 4 is 21.7 Å². The lowest BCUT2D eigenvalue weighted by Gasteiger charge is -2.07. The zero-order valence-electron chi connectivity index (χ0n) is 12.1. The molecule has 2 aromatic rings. The summed E-state index contributed by atoms with van der Waals surface area (Å²) in [6.45, 7) is 6.85. The van der Waals surface area contributed by atoms with Crippen molar-refractivity contribution in [2.45, 2.75) is 40.2 Å². The Morgan fingerprint density at radius 2 is 2.00 bits per heavy atom. The van der Waals surface area contributed by atoms with Gasteiger partial charge in [0.2, 0.25) is 0 Å². The molecule has 0 N–H and O–H groups in total. The van der Waals surface area contributed by atoms with Crippen molar-refractivity contribution in [3.05, 3.63) is 51.3 Å². The fourth-order valence-electron chi connectivity index (χ4n) is 2.32. The Kier molecular flexibility index (Phi) is 4.76. The van der Waals surface area contributed by atoms with Crippen molar-refractivity contribution in [2.75, 3.05) is 0 Å². The van der Waals surface area contributed by atoms with Crippen molar-refractivity contribution in [1.82, 2.24) is 9.78 Å². The minimum atomic E-state index is 0.140. The zero-order chi connectivity index (χ0) is 14.7. The average Bonchev–Trinajstić information content (AvgIpc) is 2.75. The third-order valence-corrected chi connectivity index (χ3v) is 4.38. The van der Waals surface area contributed by atoms with Crippen LogP contribution in [0.4, 0.5) is 0 Å². The highest BCUT2D eigenvalue weighted by atomic mass is 79.9. The van der Waals surface area contributed by atoms with Gasteiger partial charge in [-0.05, 0) is 41.8 Å². The molecule has 3 nitrogen and oxygen atoms in total. The van der Waals surface area contributed by atoms with Crippen molar-refractivity contribution in [2.24, 2.45) is 0 Å². The van der Waals surface area contributed by atoms with Crippen LogP contribution in [0.2, 0.25) is 0 Å². The molecule has 0 saturated heterocycles. The van der Waals surface area contributed by atoms with Gasteiger partial charge in [-0.25, -0.2) is 0 Å². The Labute approximate surface area is 128 Å². The third kappa shape index (κ3) is 2.85.